The van der Waals surface area contributed by atoms with E-state index >= 15 is 0 Å². The lowest BCUT2D eigenvalue weighted by atomic mass is 10.0. The third-order valence-corrected chi connectivity index (χ3v) is 14.7. The van der Waals surface area contributed by atoms with Crippen LogP contribution in [0.2, 0.25) is 0 Å². The first-order valence-electron chi connectivity index (χ1n) is 32.3. The minimum Gasteiger partial charge on any atom is -0.462 e. The van der Waals surface area contributed by atoms with Gasteiger partial charge in [0, 0.05) is 19.3 Å². The summed E-state index contributed by atoms with van der Waals surface area (Å²) in [5.74, 6) is -0.838. The highest BCUT2D eigenvalue weighted by Gasteiger charge is 2.19. The first kappa shape index (κ1) is 69.9. The van der Waals surface area contributed by atoms with Crippen molar-refractivity contribution in [2.45, 2.75) is 367 Å². The lowest BCUT2D eigenvalue weighted by molar-refractivity contribution is -0.167. The fourth-order valence-electron chi connectivity index (χ4n) is 9.83. The van der Waals surface area contributed by atoms with E-state index in [1.54, 1.807) is 0 Å². The average molecular weight is 1010 g/mol. The molecule has 0 aromatic rings. The van der Waals surface area contributed by atoms with Gasteiger partial charge in [-0.25, -0.2) is 0 Å². The fraction of sp³-hybridized carbons (Fsp3) is 0.894. The maximum absolute atomic E-state index is 12.9. The van der Waals surface area contributed by atoms with Crippen LogP contribution >= 0.6 is 0 Å². The molecule has 0 aromatic heterocycles. The molecule has 0 radical (unpaired) electrons. The molecule has 0 spiro atoms. The molecule has 0 saturated heterocycles. The Hall–Kier alpha value is -2.11. The van der Waals surface area contributed by atoms with Crippen molar-refractivity contribution >= 4 is 17.9 Å². The first-order valence-corrected chi connectivity index (χ1v) is 32.3. The molecular weight excluding hydrogens is 889 g/mol. The normalized spacial score (nSPS) is 12.1. The Labute approximate surface area is 449 Å². The van der Waals surface area contributed by atoms with Crippen LogP contribution in [0.1, 0.15) is 361 Å². The van der Waals surface area contributed by atoms with Gasteiger partial charge in [0.1, 0.15) is 13.2 Å². The number of hydrogen-bond donors (Lipinski definition) is 0. The van der Waals surface area contributed by atoms with Gasteiger partial charge in [-0.05, 0) is 51.4 Å². The van der Waals surface area contributed by atoms with E-state index in [-0.39, 0.29) is 31.1 Å². The Bertz CT molecular complexity index is 1160. The minimum absolute atomic E-state index is 0.0647. The van der Waals surface area contributed by atoms with Crippen molar-refractivity contribution in [2.24, 2.45) is 0 Å². The molecule has 0 aliphatic rings. The Kier molecular flexibility index (Phi) is 59.6. The molecule has 0 rings (SSSR count). The predicted molar refractivity (Wildman–Crippen MR) is 312 cm³/mol. The smallest absolute Gasteiger partial charge is 0.306 e. The van der Waals surface area contributed by atoms with Crippen LogP contribution in [0, 0.1) is 0 Å². The molecule has 0 aromatic carbocycles. The Balaban J connectivity index is 4.21. The Morgan fingerprint density at radius 2 is 0.500 bits per heavy atom. The predicted octanol–water partition coefficient (Wildman–Crippen LogP) is 21.8. The summed E-state index contributed by atoms with van der Waals surface area (Å²) >= 11 is 0. The number of unbranched alkanes of at least 4 members (excludes halogenated alkanes) is 45. The van der Waals surface area contributed by atoms with Gasteiger partial charge >= 0.3 is 17.9 Å². The highest BCUT2D eigenvalue weighted by Crippen LogP contribution is 2.18. The molecule has 0 aliphatic heterocycles. The molecule has 0 N–H and O–H groups in total. The van der Waals surface area contributed by atoms with Crippen molar-refractivity contribution in [3.63, 3.8) is 0 Å². The minimum atomic E-state index is -0.766. The van der Waals surface area contributed by atoms with Crippen molar-refractivity contribution in [1.29, 1.82) is 0 Å². The second-order valence-corrected chi connectivity index (χ2v) is 22.0. The SMILES string of the molecule is CCCCCCC/C=C\C/C=C\CCCCCCCCCCCCCCCC(=O)OCC(COC(=O)CCCCCCCCCCCCCC)OC(=O)CCCCCCCCCCCCCCCCCCC. The van der Waals surface area contributed by atoms with E-state index in [1.165, 1.54) is 257 Å². The van der Waals surface area contributed by atoms with E-state index in [9.17, 15) is 14.4 Å². The molecule has 72 heavy (non-hydrogen) atoms. The average Bonchev–Trinajstić information content (AvgIpc) is 3.38. The zero-order valence-electron chi connectivity index (χ0n) is 48.7. The van der Waals surface area contributed by atoms with Crippen molar-refractivity contribution in [2.75, 3.05) is 13.2 Å². The summed E-state index contributed by atoms with van der Waals surface area (Å²) in [5.41, 5.74) is 0. The van der Waals surface area contributed by atoms with Crippen molar-refractivity contribution in [3.05, 3.63) is 24.3 Å². The van der Waals surface area contributed by atoms with Crippen molar-refractivity contribution in [3.8, 4) is 0 Å². The highest BCUT2D eigenvalue weighted by atomic mass is 16.6. The van der Waals surface area contributed by atoms with Crippen LogP contribution < -0.4 is 0 Å². The maximum atomic E-state index is 12.9. The largest absolute Gasteiger partial charge is 0.462 e. The summed E-state index contributed by atoms with van der Waals surface area (Å²) in [4.78, 5) is 38.3. The third-order valence-electron chi connectivity index (χ3n) is 14.7. The fourth-order valence-corrected chi connectivity index (χ4v) is 9.83. The number of carbonyl (C=O) groups excluding carboxylic acids is 3. The van der Waals surface area contributed by atoms with E-state index in [0.29, 0.717) is 19.3 Å². The summed E-state index contributed by atoms with van der Waals surface area (Å²) in [6, 6.07) is 0. The molecule has 6 heteroatoms. The molecular formula is C66H124O6. The van der Waals surface area contributed by atoms with Crippen LogP contribution in [0.4, 0.5) is 0 Å². The standard InChI is InChI=1S/C66H124O6/c1-4-7-10-13-16-19-22-25-27-29-30-31-32-33-34-35-36-38-39-41-44-47-50-53-56-59-65(68)71-62-63(61-70-64(67)58-55-52-49-46-43-24-21-18-15-12-9-6-3)72-66(69)60-57-54-51-48-45-42-40-37-28-26-23-20-17-14-11-8-5-2/h22,25,29-30,63H,4-21,23-24,26-28,31-62H2,1-3H3/b25-22-,30-29-. The van der Waals surface area contributed by atoms with Crippen molar-refractivity contribution in [1.82, 2.24) is 0 Å². The Morgan fingerprint density at radius 1 is 0.278 bits per heavy atom. The van der Waals surface area contributed by atoms with Gasteiger partial charge in [-0.15, -0.1) is 0 Å². The summed E-state index contributed by atoms with van der Waals surface area (Å²) < 4.78 is 16.9. The van der Waals surface area contributed by atoms with Gasteiger partial charge in [0.25, 0.3) is 0 Å². The van der Waals surface area contributed by atoms with E-state index in [0.717, 1.165) is 64.2 Å². The van der Waals surface area contributed by atoms with Crippen LogP contribution in [0.5, 0.6) is 0 Å². The molecule has 0 aliphatic carbocycles. The van der Waals surface area contributed by atoms with Crippen LogP contribution in [0.3, 0.4) is 0 Å². The van der Waals surface area contributed by atoms with Crippen LogP contribution in [-0.4, -0.2) is 37.2 Å². The molecule has 1 unspecified atom stereocenters. The van der Waals surface area contributed by atoms with E-state index in [4.69, 9.17) is 14.2 Å². The Morgan fingerprint density at radius 3 is 0.764 bits per heavy atom. The molecule has 0 saturated carbocycles. The number of allylic oxidation sites excluding steroid dienone is 4. The van der Waals surface area contributed by atoms with Gasteiger partial charge in [-0.2, -0.15) is 0 Å². The van der Waals surface area contributed by atoms with Crippen molar-refractivity contribution < 1.29 is 28.6 Å². The molecule has 0 fully saturated rings. The topological polar surface area (TPSA) is 78.9 Å². The molecule has 0 amide bonds. The van der Waals surface area contributed by atoms with E-state index < -0.39 is 6.10 Å². The van der Waals surface area contributed by atoms with Gasteiger partial charge in [0.15, 0.2) is 6.10 Å². The van der Waals surface area contributed by atoms with E-state index in [2.05, 4.69) is 45.1 Å². The monoisotopic (exact) mass is 1010 g/mol. The van der Waals surface area contributed by atoms with Gasteiger partial charge < -0.3 is 14.2 Å². The molecule has 6 nitrogen and oxygen atoms in total. The first-order chi connectivity index (χ1) is 35.5. The van der Waals surface area contributed by atoms with Gasteiger partial charge in [0.05, 0.1) is 0 Å². The van der Waals surface area contributed by atoms with Crippen LogP contribution in [0.25, 0.3) is 0 Å². The van der Waals surface area contributed by atoms with Crippen LogP contribution in [-0.2, 0) is 28.6 Å². The summed E-state index contributed by atoms with van der Waals surface area (Å²) in [6.07, 6.45) is 73.3. The van der Waals surface area contributed by atoms with Gasteiger partial charge in [-0.3, -0.25) is 14.4 Å². The molecule has 0 bridgehead atoms. The number of ether oxygens (including phenoxy) is 3. The van der Waals surface area contributed by atoms with Gasteiger partial charge in [0.2, 0.25) is 0 Å². The number of esters is 3. The van der Waals surface area contributed by atoms with Crippen LogP contribution in [0.15, 0.2) is 24.3 Å². The van der Waals surface area contributed by atoms with E-state index in [1.807, 2.05) is 0 Å². The summed E-state index contributed by atoms with van der Waals surface area (Å²) in [7, 11) is 0. The second kappa shape index (κ2) is 61.4. The number of carbonyl (C=O) groups is 3. The number of rotatable bonds is 60. The zero-order valence-corrected chi connectivity index (χ0v) is 48.7. The van der Waals surface area contributed by atoms with Gasteiger partial charge in [-0.1, -0.05) is 315 Å². The zero-order chi connectivity index (χ0) is 52.2. The highest BCUT2D eigenvalue weighted by molar-refractivity contribution is 5.71. The molecule has 0 heterocycles. The lowest BCUT2D eigenvalue weighted by Gasteiger charge is -2.18. The number of hydrogen-bond acceptors (Lipinski definition) is 6. The molecule has 1 atom stereocenters. The summed E-state index contributed by atoms with van der Waals surface area (Å²) in [5, 5.41) is 0. The molecule has 424 valence electrons. The lowest BCUT2D eigenvalue weighted by Crippen LogP contribution is -2.30. The maximum Gasteiger partial charge on any atom is 0.306 e. The quantitative estimate of drug-likeness (QED) is 0.0261. The second-order valence-electron chi connectivity index (χ2n) is 22.0. The summed E-state index contributed by atoms with van der Waals surface area (Å²) in [6.45, 7) is 6.69. The third kappa shape index (κ3) is 58.8.